The van der Waals surface area contributed by atoms with Crippen LogP contribution < -0.4 is 10.7 Å². The number of aromatic nitrogens is 2. The van der Waals surface area contributed by atoms with Gasteiger partial charge in [0.1, 0.15) is 18.1 Å². The summed E-state index contributed by atoms with van der Waals surface area (Å²) in [6.45, 7) is 4.39. The number of cyclic esters (lactones) is 1. The maximum atomic E-state index is 12.8. The molecule has 0 saturated heterocycles. The first kappa shape index (κ1) is 20.2. The van der Waals surface area contributed by atoms with Crippen molar-refractivity contribution in [3.8, 4) is 0 Å². The van der Waals surface area contributed by atoms with Crippen LogP contribution in [0.15, 0.2) is 30.6 Å². The van der Waals surface area contributed by atoms with Crippen LogP contribution in [0.4, 0.5) is 0 Å². The van der Waals surface area contributed by atoms with Crippen molar-refractivity contribution in [3.63, 3.8) is 0 Å². The molecule has 1 aliphatic heterocycles. The molecule has 0 radical (unpaired) electrons. The van der Waals surface area contributed by atoms with Crippen molar-refractivity contribution in [1.82, 2.24) is 9.55 Å². The van der Waals surface area contributed by atoms with Gasteiger partial charge in [-0.2, -0.15) is 0 Å². The summed E-state index contributed by atoms with van der Waals surface area (Å²) in [5, 5.41) is 22.1. The summed E-state index contributed by atoms with van der Waals surface area (Å²) in [5.41, 5.74) is 0.586. The van der Waals surface area contributed by atoms with Gasteiger partial charge in [0.15, 0.2) is 5.78 Å². The fourth-order valence-corrected chi connectivity index (χ4v) is 3.49. The number of rotatable bonds is 1. The van der Waals surface area contributed by atoms with Crippen molar-refractivity contribution in [2.75, 3.05) is 0 Å². The molecule has 1 aliphatic carbocycles. The van der Waals surface area contributed by atoms with Gasteiger partial charge >= 0.3 is 5.97 Å². The van der Waals surface area contributed by atoms with Crippen molar-refractivity contribution in [2.45, 2.75) is 58.0 Å². The molecule has 28 heavy (non-hydrogen) atoms. The van der Waals surface area contributed by atoms with E-state index in [-0.39, 0.29) is 12.2 Å². The molecule has 1 aromatic rings. The van der Waals surface area contributed by atoms with E-state index in [1.165, 1.54) is 6.08 Å². The van der Waals surface area contributed by atoms with Gasteiger partial charge in [0.25, 0.3) is 0 Å². The molecule has 7 heteroatoms. The Kier molecular flexibility index (Phi) is 6.26. The third-order valence-electron chi connectivity index (χ3n) is 5.05. The first-order valence-electron chi connectivity index (χ1n) is 9.63. The molecule has 7 nitrogen and oxygen atoms in total. The Bertz CT molecular complexity index is 927. The quantitative estimate of drug-likeness (QED) is 0.658. The topological polar surface area (TPSA) is 102 Å². The van der Waals surface area contributed by atoms with Gasteiger partial charge in [-0.3, -0.25) is 9.59 Å². The number of nitrogens with zero attached hydrogens (tertiary/aromatic N) is 2. The first-order valence-corrected chi connectivity index (χ1v) is 9.63. The average Bonchev–Trinajstić information content (AvgIpc) is 3.06. The molecule has 2 heterocycles. The predicted molar refractivity (Wildman–Crippen MR) is 103 cm³/mol. The lowest BCUT2D eigenvalue weighted by Gasteiger charge is -2.24. The van der Waals surface area contributed by atoms with E-state index in [9.17, 15) is 19.8 Å². The van der Waals surface area contributed by atoms with Crippen LogP contribution in [0, 0.1) is 5.92 Å². The lowest BCUT2D eigenvalue weighted by atomic mass is 9.88. The molecule has 0 amide bonds. The summed E-state index contributed by atoms with van der Waals surface area (Å²) in [5.74, 6) is -1.75. The Balaban J connectivity index is 2.05. The van der Waals surface area contributed by atoms with E-state index in [1.807, 2.05) is 11.5 Å². The zero-order valence-corrected chi connectivity index (χ0v) is 16.1. The van der Waals surface area contributed by atoms with Gasteiger partial charge in [0, 0.05) is 13.0 Å². The first-order chi connectivity index (χ1) is 13.4. The Morgan fingerprint density at radius 3 is 2.79 bits per heavy atom. The highest BCUT2D eigenvalue weighted by molar-refractivity contribution is 5.93. The summed E-state index contributed by atoms with van der Waals surface area (Å²) in [6.07, 6.45) is 8.31. The predicted octanol–water partition coefficient (Wildman–Crippen LogP) is -0.0171. The highest BCUT2D eigenvalue weighted by Gasteiger charge is 2.34. The summed E-state index contributed by atoms with van der Waals surface area (Å²) in [6, 6.07) is 0. The van der Waals surface area contributed by atoms with E-state index < -0.39 is 30.2 Å². The monoisotopic (exact) mass is 386 g/mol. The molecule has 2 unspecified atom stereocenters. The number of hydrogen-bond acceptors (Lipinski definition) is 6. The molecule has 2 N–H and O–H groups in total. The fraction of sp³-hybridized carbons (Fsp3) is 0.476. The minimum absolute atomic E-state index is 0.280. The lowest BCUT2D eigenvalue weighted by Crippen LogP contribution is -2.44. The van der Waals surface area contributed by atoms with Gasteiger partial charge in [0.05, 0.1) is 23.1 Å². The van der Waals surface area contributed by atoms with E-state index in [0.29, 0.717) is 30.3 Å². The number of ketones is 1. The smallest absolute Gasteiger partial charge is 0.316 e. The number of aliphatic hydroxyl groups excluding tert-OH is 2. The van der Waals surface area contributed by atoms with Crippen molar-refractivity contribution in [3.05, 3.63) is 41.3 Å². The number of carbonyl (C=O) groups is 2. The van der Waals surface area contributed by atoms with Crippen LogP contribution in [-0.2, 0) is 20.9 Å². The fourth-order valence-electron chi connectivity index (χ4n) is 3.49. The van der Waals surface area contributed by atoms with Crippen molar-refractivity contribution in [1.29, 1.82) is 0 Å². The van der Waals surface area contributed by atoms with Gasteiger partial charge < -0.3 is 19.5 Å². The number of allylic oxidation sites excluding steroid dienone is 2. The summed E-state index contributed by atoms with van der Waals surface area (Å²) >= 11 is 0. The van der Waals surface area contributed by atoms with Gasteiger partial charge in [-0.1, -0.05) is 18.2 Å². The number of hydrogen-bond donors (Lipinski definition) is 2. The SMILES string of the molecule is CCn1cnc2c1=CC(O)C1C(=O)O[C@@H](C)C/C=C\C(=O)[C@@H](O)CC/C=C/C=21. The number of ether oxygens (including phenoxy) is 1. The van der Waals surface area contributed by atoms with Crippen molar-refractivity contribution < 1.29 is 24.5 Å². The van der Waals surface area contributed by atoms with Crippen LogP contribution in [0.1, 0.15) is 33.1 Å². The molecule has 150 valence electrons. The highest BCUT2D eigenvalue weighted by Crippen LogP contribution is 2.23. The van der Waals surface area contributed by atoms with Crippen LogP contribution in [0.2, 0.25) is 0 Å². The second-order valence-electron chi connectivity index (χ2n) is 7.14. The molecule has 3 rings (SSSR count). The molecule has 0 fully saturated rings. The standard InChI is InChI=1S/C21H26N2O5/c1-3-23-12-22-20-14-8-4-5-9-16(24)17(25)10-6-7-13(2)28-21(27)19(14)18(26)11-15(20)23/h4,6,8,10-13,16,18-19,24,26H,3,5,7,9H2,1-2H3/b8-4+,10-6-/t13-,16-,18?,19?/m0/s1. The highest BCUT2D eigenvalue weighted by atomic mass is 16.5. The molecule has 4 atom stereocenters. The van der Waals surface area contributed by atoms with E-state index in [4.69, 9.17) is 4.74 Å². The van der Waals surface area contributed by atoms with Crippen LogP contribution >= 0.6 is 0 Å². The Morgan fingerprint density at radius 2 is 2.04 bits per heavy atom. The number of carbonyl (C=O) groups excluding carboxylic acids is 2. The zero-order valence-electron chi connectivity index (χ0n) is 16.1. The maximum Gasteiger partial charge on any atom is 0.316 e. The summed E-state index contributed by atoms with van der Waals surface area (Å²) in [7, 11) is 0. The zero-order chi connectivity index (χ0) is 20.3. The minimum Gasteiger partial charge on any atom is -0.462 e. The molecular formula is C21H26N2O5. The largest absolute Gasteiger partial charge is 0.462 e. The Labute approximate surface area is 163 Å². The third-order valence-corrected chi connectivity index (χ3v) is 5.05. The van der Waals surface area contributed by atoms with Crippen LogP contribution in [-0.4, -0.2) is 49.8 Å². The van der Waals surface area contributed by atoms with E-state index in [1.54, 1.807) is 37.6 Å². The Morgan fingerprint density at radius 1 is 1.25 bits per heavy atom. The molecule has 0 saturated carbocycles. The number of imidazole rings is 1. The van der Waals surface area contributed by atoms with Crippen LogP contribution in [0.25, 0.3) is 11.6 Å². The maximum absolute atomic E-state index is 12.8. The number of aliphatic hydroxyl groups is 2. The lowest BCUT2D eigenvalue weighted by molar-refractivity contribution is -0.153. The van der Waals surface area contributed by atoms with E-state index in [0.717, 1.165) is 5.35 Å². The second kappa shape index (κ2) is 8.67. The number of aryl methyl sites for hydroxylation is 1. The van der Waals surface area contributed by atoms with Crippen molar-refractivity contribution in [2.24, 2.45) is 5.92 Å². The average molecular weight is 386 g/mol. The van der Waals surface area contributed by atoms with E-state index >= 15 is 0 Å². The summed E-state index contributed by atoms with van der Waals surface area (Å²) < 4.78 is 7.42. The molecule has 0 bridgehead atoms. The molecule has 0 aromatic carbocycles. The van der Waals surface area contributed by atoms with Crippen LogP contribution in [0.5, 0.6) is 0 Å². The molecular weight excluding hydrogens is 360 g/mol. The third kappa shape index (κ3) is 4.15. The van der Waals surface area contributed by atoms with Crippen molar-refractivity contribution >= 4 is 23.4 Å². The second-order valence-corrected chi connectivity index (χ2v) is 7.14. The molecule has 1 aromatic heterocycles. The van der Waals surface area contributed by atoms with Gasteiger partial charge in [-0.25, -0.2) is 4.98 Å². The summed E-state index contributed by atoms with van der Waals surface area (Å²) in [4.78, 5) is 29.2. The van der Waals surface area contributed by atoms with Crippen LogP contribution in [0.3, 0.4) is 0 Å². The number of fused-ring (bicyclic) bond motifs is 2. The number of esters is 1. The minimum atomic E-state index is -1.07. The van der Waals surface area contributed by atoms with Gasteiger partial charge in [0.2, 0.25) is 0 Å². The molecule has 2 aliphatic rings. The Hall–Kier alpha value is -2.51. The van der Waals surface area contributed by atoms with Gasteiger partial charge in [-0.05, 0) is 44.4 Å². The van der Waals surface area contributed by atoms with E-state index in [2.05, 4.69) is 4.98 Å². The normalized spacial score (nSPS) is 31.1. The van der Waals surface area contributed by atoms with Gasteiger partial charge in [-0.15, -0.1) is 0 Å². The molecule has 0 spiro atoms.